The first-order valence-electron chi connectivity index (χ1n) is 4.93. The molecule has 0 radical (unpaired) electrons. The summed E-state index contributed by atoms with van der Waals surface area (Å²) in [6.45, 7) is 9.05. The van der Waals surface area contributed by atoms with E-state index in [-0.39, 0.29) is 13.2 Å². The van der Waals surface area contributed by atoms with Gasteiger partial charge in [0.1, 0.15) is 0 Å². The van der Waals surface area contributed by atoms with E-state index in [1.165, 1.54) is 0 Å². The van der Waals surface area contributed by atoms with Crippen molar-refractivity contribution in [1.29, 1.82) is 0 Å². The molecule has 13 heavy (non-hydrogen) atoms. The van der Waals surface area contributed by atoms with Crippen LogP contribution in [-0.4, -0.2) is 55.7 Å². The number of nitrogens with zero attached hydrogens (tertiary/aromatic N) is 1. The molecule has 0 saturated heterocycles. The number of hydrogen-bond acceptors (Lipinski definition) is 3. The lowest BCUT2D eigenvalue weighted by molar-refractivity contribution is 0.194. The molecule has 0 heterocycles. The minimum absolute atomic E-state index is 0.218. The second kappa shape index (κ2) is 6.54. The molecular formula is C9H23NO2Si. The van der Waals surface area contributed by atoms with E-state index in [9.17, 15) is 0 Å². The van der Waals surface area contributed by atoms with Gasteiger partial charge in [-0.1, -0.05) is 19.6 Å². The van der Waals surface area contributed by atoms with E-state index in [4.69, 9.17) is 10.2 Å². The molecular weight excluding hydrogens is 182 g/mol. The van der Waals surface area contributed by atoms with Crippen molar-refractivity contribution >= 4 is 8.07 Å². The first-order valence-corrected chi connectivity index (χ1v) is 8.64. The molecule has 3 nitrogen and oxygen atoms in total. The van der Waals surface area contributed by atoms with Gasteiger partial charge in [0.25, 0.3) is 0 Å². The number of hydrogen-bond donors (Lipinski definition) is 2. The van der Waals surface area contributed by atoms with Crippen molar-refractivity contribution in [2.75, 3.05) is 32.5 Å². The first-order chi connectivity index (χ1) is 5.99. The van der Waals surface area contributed by atoms with Crippen LogP contribution in [0, 0.1) is 0 Å². The van der Waals surface area contributed by atoms with E-state index >= 15 is 0 Å². The Morgan fingerprint density at radius 1 is 1.00 bits per heavy atom. The van der Waals surface area contributed by atoms with Crippen molar-refractivity contribution in [1.82, 2.24) is 4.90 Å². The van der Waals surface area contributed by atoms with Gasteiger partial charge in [-0.2, -0.15) is 0 Å². The Balaban J connectivity index is 3.79. The maximum absolute atomic E-state index is 8.84. The highest BCUT2D eigenvalue weighted by Gasteiger charge is 2.17. The van der Waals surface area contributed by atoms with Crippen LogP contribution in [0.2, 0.25) is 19.6 Å². The van der Waals surface area contributed by atoms with Gasteiger partial charge < -0.3 is 15.1 Å². The van der Waals surface area contributed by atoms with Crippen molar-refractivity contribution in [3.05, 3.63) is 0 Å². The zero-order chi connectivity index (χ0) is 10.3. The minimum atomic E-state index is -1.07. The molecule has 0 aromatic carbocycles. The monoisotopic (exact) mass is 205 g/mol. The zero-order valence-electron chi connectivity index (χ0n) is 9.08. The summed E-state index contributed by atoms with van der Waals surface area (Å²) in [5.41, 5.74) is 0. The van der Waals surface area contributed by atoms with Crippen molar-refractivity contribution in [3.8, 4) is 0 Å². The molecule has 0 fully saturated rings. The average Bonchev–Trinajstić information content (AvgIpc) is 1.98. The highest BCUT2D eigenvalue weighted by molar-refractivity contribution is 6.76. The molecule has 0 atom stereocenters. The summed E-state index contributed by atoms with van der Waals surface area (Å²) in [4.78, 5) is 2.25. The van der Waals surface area contributed by atoms with Crippen LogP contribution in [0.3, 0.4) is 0 Å². The fourth-order valence-corrected chi connectivity index (χ4v) is 3.03. The van der Waals surface area contributed by atoms with Gasteiger partial charge in [0.15, 0.2) is 0 Å². The minimum Gasteiger partial charge on any atom is -0.396 e. The van der Waals surface area contributed by atoms with Crippen LogP contribution in [0.25, 0.3) is 0 Å². The van der Waals surface area contributed by atoms with Gasteiger partial charge in [-0.05, 0) is 12.6 Å². The van der Waals surface area contributed by atoms with Crippen LogP contribution < -0.4 is 0 Å². The summed E-state index contributed by atoms with van der Waals surface area (Å²) in [7, 11) is -1.07. The van der Waals surface area contributed by atoms with Gasteiger partial charge in [0.2, 0.25) is 0 Å². The highest BCUT2D eigenvalue weighted by atomic mass is 28.3. The Hall–Kier alpha value is 0.0969. The summed E-state index contributed by atoms with van der Waals surface area (Å²) in [6.07, 6.45) is 1.91. The summed E-state index contributed by atoms with van der Waals surface area (Å²) in [5.74, 6) is 0. The fraction of sp³-hybridized carbons (Fsp3) is 1.00. The summed E-state index contributed by atoms with van der Waals surface area (Å²) >= 11 is 0. The van der Waals surface area contributed by atoms with Crippen LogP contribution in [0.5, 0.6) is 0 Å². The van der Waals surface area contributed by atoms with Gasteiger partial charge in [-0.15, -0.1) is 0 Å². The predicted octanol–water partition coefficient (Wildman–Crippen LogP) is 0.540. The number of rotatable bonds is 7. The molecule has 0 spiro atoms. The van der Waals surface area contributed by atoms with Crippen molar-refractivity contribution in [3.63, 3.8) is 0 Å². The van der Waals surface area contributed by atoms with E-state index < -0.39 is 8.07 Å². The molecule has 4 heteroatoms. The van der Waals surface area contributed by atoms with Gasteiger partial charge in [0, 0.05) is 19.7 Å². The highest BCUT2D eigenvalue weighted by Crippen LogP contribution is 2.04. The van der Waals surface area contributed by atoms with Crippen LogP contribution in [0.15, 0.2) is 0 Å². The third-order valence-electron chi connectivity index (χ3n) is 1.75. The van der Waals surface area contributed by atoms with Gasteiger partial charge in [-0.3, -0.25) is 0 Å². The molecule has 0 amide bonds. The zero-order valence-corrected chi connectivity index (χ0v) is 10.1. The Kier molecular flexibility index (Phi) is 6.58. The lowest BCUT2D eigenvalue weighted by atomic mass is 10.4. The Morgan fingerprint density at radius 2 is 1.62 bits per heavy atom. The van der Waals surface area contributed by atoms with Crippen LogP contribution in [0.1, 0.15) is 6.42 Å². The Morgan fingerprint density at radius 3 is 2.00 bits per heavy atom. The average molecular weight is 205 g/mol. The third-order valence-corrected chi connectivity index (χ3v) is 3.14. The predicted molar refractivity (Wildman–Crippen MR) is 58.6 cm³/mol. The van der Waals surface area contributed by atoms with Crippen LogP contribution in [0.4, 0.5) is 0 Å². The quantitative estimate of drug-likeness (QED) is 0.596. The lowest BCUT2D eigenvalue weighted by Gasteiger charge is -2.27. The maximum Gasteiger partial charge on any atom is 0.0599 e. The number of aliphatic hydroxyl groups excluding tert-OH is 2. The van der Waals surface area contributed by atoms with E-state index in [0.29, 0.717) is 0 Å². The van der Waals surface area contributed by atoms with Crippen molar-refractivity contribution < 1.29 is 10.2 Å². The van der Waals surface area contributed by atoms with E-state index in [0.717, 1.165) is 25.7 Å². The van der Waals surface area contributed by atoms with Crippen LogP contribution >= 0.6 is 0 Å². The molecule has 0 aliphatic heterocycles. The molecule has 0 bridgehead atoms. The number of aliphatic hydroxyl groups is 2. The smallest absolute Gasteiger partial charge is 0.0599 e. The third kappa shape index (κ3) is 8.43. The molecule has 0 aliphatic rings. The molecule has 0 rings (SSSR count). The van der Waals surface area contributed by atoms with Crippen LogP contribution in [-0.2, 0) is 0 Å². The van der Waals surface area contributed by atoms with Gasteiger partial charge >= 0.3 is 0 Å². The normalized spacial score (nSPS) is 12.5. The second-order valence-corrected chi connectivity index (χ2v) is 10.1. The summed E-state index contributed by atoms with van der Waals surface area (Å²) in [5, 5.41) is 17.5. The molecule has 80 valence electrons. The maximum atomic E-state index is 8.84. The summed E-state index contributed by atoms with van der Waals surface area (Å²) < 4.78 is 0. The largest absolute Gasteiger partial charge is 0.396 e. The standard InChI is InChI=1S/C9H23NO2Si/c1-13(2,3)9-10(6-8-12)5-4-7-11/h11-12H,4-9H2,1-3H3. The molecule has 0 aromatic heterocycles. The molecule has 2 N–H and O–H groups in total. The topological polar surface area (TPSA) is 43.7 Å². The first kappa shape index (κ1) is 13.1. The second-order valence-electron chi connectivity index (χ2n) is 4.64. The molecule has 0 aromatic rings. The summed E-state index contributed by atoms with van der Waals surface area (Å²) in [6, 6.07) is 0. The van der Waals surface area contributed by atoms with E-state index in [2.05, 4.69) is 24.5 Å². The molecule has 0 saturated carbocycles. The Labute approximate surface area is 82.4 Å². The molecule has 0 aliphatic carbocycles. The van der Waals surface area contributed by atoms with Gasteiger partial charge in [-0.25, -0.2) is 0 Å². The molecule has 0 unspecified atom stereocenters. The SMILES string of the molecule is C[Si](C)(C)CN(CCO)CCCO. The Bertz CT molecular complexity index is 125. The van der Waals surface area contributed by atoms with Gasteiger partial charge in [0.05, 0.1) is 14.7 Å². The van der Waals surface area contributed by atoms with E-state index in [1.54, 1.807) is 0 Å². The van der Waals surface area contributed by atoms with E-state index in [1.807, 2.05) is 0 Å². The lowest BCUT2D eigenvalue weighted by Crippen LogP contribution is -2.42. The fourth-order valence-electron chi connectivity index (χ4n) is 1.38. The van der Waals surface area contributed by atoms with Crippen molar-refractivity contribution in [2.45, 2.75) is 26.1 Å². The van der Waals surface area contributed by atoms with Crippen molar-refractivity contribution in [2.24, 2.45) is 0 Å².